The standard InChI is InChI=1S/C8H8N2O2S/c1-13(11,12)8-6(5-9)3-2-4-7(8)10/h2-4H,10H2,1H3. The summed E-state index contributed by atoms with van der Waals surface area (Å²) < 4.78 is 22.4. The van der Waals surface area contributed by atoms with Crippen LogP contribution in [0.3, 0.4) is 0 Å². The van der Waals surface area contributed by atoms with Crippen LogP contribution in [0.15, 0.2) is 23.1 Å². The molecule has 1 rings (SSSR count). The summed E-state index contributed by atoms with van der Waals surface area (Å²) in [5.74, 6) is 0. The lowest BCUT2D eigenvalue weighted by atomic mass is 10.2. The molecule has 0 saturated carbocycles. The first-order valence-corrected chi connectivity index (χ1v) is 5.34. The molecule has 0 heterocycles. The van der Waals surface area contributed by atoms with Gasteiger partial charge in [0.25, 0.3) is 0 Å². The highest BCUT2D eigenvalue weighted by Crippen LogP contribution is 2.21. The molecule has 0 radical (unpaired) electrons. The lowest BCUT2D eigenvalue weighted by molar-refractivity contribution is 0.602. The van der Waals surface area contributed by atoms with Crippen molar-refractivity contribution in [2.45, 2.75) is 4.90 Å². The fourth-order valence-corrected chi connectivity index (χ4v) is 2.07. The van der Waals surface area contributed by atoms with Crippen molar-refractivity contribution in [1.82, 2.24) is 0 Å². The van der Waals surface area contributed by atoms with Gasteiger partial charge in [-0.15, -0.1) is 0 Å². The predicted octanol–water partition coefficient (Wildman–Crippen LogP) is 0.544. The third-order valence-corrected chi connectivity index (χ3v) is 2.73. The highest BCUT2D eigenvalue weighted by molar-refractivity contribution is 7.91. The summed E-state index contributed by atoms with van der Waals surface area (Å²) in [5, 5.41) is 8.64. The second-order valence-electron chi connectivity index (χ2n) is 2.61. The molecule has 0 aliphatic heterocycles. The largest absolute Gasteiger partial charge is 0.398 e. The Morgan fingerprint density at radius 2 is 2.08 bits per heavy atom. The van der Waals surface area contributed by atoms with E-state index >= 15 is 0 Å². The van der Waals surface area contributed by atoms with Gasteiger partial charge in [-0.1, -0.05) is 6.07 Å². The molecule has 4 nitrogen and oxygen atoms in total. The summed E-state index contributed by atoms with van der Waals surface area (Å²) in [5.41, 5.74) is 5.65. The van der Waals surface area contributed by atoms with Gasteiger partial charge in [-0.2, -0.15) is 5.26 Å². The van der Waals surface area contributed by atoms with Gasteiger partial charge in [-0.05, 0) is 12.1 Å². The van der Waals surface area contributed by atoms with Crippen molar-refractivity contribution in [3.63, 3.8) is 0 Å². The van der Waals surface area contributed by atoms with Crippen LogP contribution in [0, 0.1) is 11.3 Å². The smallest absolute Gasteiger partial charge is 0.178 e. The number of nitrogens with zero attached hydrogens (tertiary/aromatic N) is 1. The molecule has 0 atom stereocenters. The zero-order chi connectivity index (χ0) is 10.1. The van der Waals surface area contributed by atoms with Crippen molar-refractivity contribution >= 4 is 15.5 Å². The van der Waals surface area contributed by atoms with Crippen LogP contribution >= 0.6 is 0 Å². The molecular formula is C8H8N2O2S. The maximum atomic E-state index is 11.2. The van der Waals surface area contributed by atoms with E-state index in [-0.39, 0.29) is 16.1 Å². The van der Waals surface area contributed by atoms with E-state index in [1.165, 1.54) is 12.1 Å². The molecule has 0 spiro atoms. The first-order valence-electron chi connectivity index (χ1n) is 3.45. The number of benzene rings is 1. The van der Waals surface area contributed by atoms with E-state index in [1.807, 2.05) is 0 Å². The zero-order valence-corrected chi connectivity index (χ0v) is 7.80. The van der Waals surface area contributed by atoms with E-state index in [9.17, 15) is 8.42 Å². The van der Waals surface area contributed by atoms with Crippen LogP contribution in [0.2, 0.25) is 0 Å². The van der Waals surface area contributed by atoms with Gasteiger partial charge in [0.05, 0.1) is 11.3 Å². The number of nitrogens with two attached hydrogens (primary N) is 1. The van der Waals surface area contributed by atoms with E-state index in [1.54, 1.807) is 12.1 Å². The van der Waals surface area contributed by atoms with E-state index in [0.29, 0.717) is 0 Å². The molecule has 1 aromatic rings. The van der Waals surface area contributed by atoms with Gasteiger partial charge in [0.15, 0.2) is 9.84 Å². The van der Waals surface area contributed by atoms with Gasteiger partial charge in [-0.3, -0.25) is 0 Å². The second-order valence-corrected chi connectivity index (χ2v) is 4.56. The number of anilines is 1. The van der Waals surface area contributed by atoms with Crippen molar-refractivity contribution in [2.24, 2.45) is 0 Å². The number of rotatable bonds is 1. The third kappa shape index (κ3) is 1.79. The second kappa shape index (κ2) is 3.07. The van der Waals surface area contributed by atoms with Crippen molar-refractivity contribution in [3.05, 3.63) is 23.8 Å². The van der Waals surface area contributed by atoms with Crippen LogP contribution in [0.1, 0.15) is 5.56 Å². The van der Waals surface area contributed by atoms with Gasteiger partial charge >= 0.3 is 0 Å². The number of nitrogen functional groups attached to an aromatic ring is 1. The highest BCUT2D eigenvalue weighted by Gasteiger charge is 2.15. The Balaban J connectivity index is 3.62. The van der Waals surface area contributed by atoms with Crippen LogP contribution < -0.4 is 5.73 Å². The summed E-state index contributed by atoms with van der Waals surface area (Å²) in [7, 11) is -3.42. The van der Waals surface area contributed by atoms with Crippen LogP contribution in [-0.2, 0) is 9.84 Å². The van der Waals surface area contributed by atoms with Crippen LogP contribution in [-0.4, -0.2) is 14.7 Å². The first kappa shape index (κ1) is 9.55. The summed E-state index contributed by atoms with van der Waals surface area (Å²) in [6, 6.07) is 6.21. The molecule has 0 bridgehead atoms. The minimum atomic E-state index is -3.42. The van der Waals surface area contributed by atoms with Gasteiger partial charge in [0, 0.05) is 6.26 Å². The summed E-state index contributed by atoms with van der Waals surface area (Å²) in [4.78, 5) is -0.0856. The molecule has 0 saturated heterocycles. The SMILES string of the molecule is CS(=O)(=O)c1c(N)cccc1C#N. The normalized spacial score (nSPS) is 10.8. The maximum Gasteiger partial charge on any atom is 0.178 e. The number of hydrogen-bond donors (Lipinski definition) is 1. The van der Waals surface area contributed by atoms with Crippen LogP contribution in [0.4, 0.5) is 5.69 Å². The third-order valence-electron chi connectivity index (χ3n) is 1.54. The minimum absolute atomic E-state index is 0.0856. The molecular weight excluding hydrogens is 188 g/mol. The lowest BCUT2D eigenvalue weighted by Crippen LogP contribution is -2.04. The van der Waals surface area contributed by atoms with E-state index in [0.717, 1.165) is 6.26 Å². The Labute approximate surface area is 76.5 Å². The lowest BCUT2D eigenvalue weighted by Gasteiger charge is -2.03. The molecule has 68 valence electrons. The quantitative estimate of drug-likeness (QED) is 0.664. The highest BCUT2D eigenvalue weighted by atomic mass is 32.2. The Morgan fingerprint density at radius 1 is 1.46 bits per heavy atom. The fourth-order valence-electron chi connectivity index (χ4n) is 1.06. The Morgan fingerprint density at radius 3 is 2.46 bits per heavy atom. The monoisotopic (exact) mass is 196 g/mol. The zero-order valence-electron chi connectivity index (χ0n) is 6.98. The molecule has 0 unspecified atom stereocenters. The van der Waals surface area contributed by atoms with Gasteiger partial charge in [-0.25, -0.2) is 8.42 Å². The van der Waals surface area contributed by atoms with Gasteiger partial charge in [0.1, 0.15) is 11.0 Å². The van der Waals surface area contributed by atoms with Gasteiger partial charge < -0.3 is 5.73 Å². The fraction of sp³-hybridized carbons (Fsp3) is 0.125. The molecule has 0 fully saturated rings. The molecule has 1 aromatic carbocycles. The van der Waals surface area contributed by atoms with Crippen molar-refractivity contribution in [2.75, 3.05) is 12.0 Å². The first-order chi connectivity index (χ1) is 5.96. The maximum absolute atomic E-state index is 11.2. The summed E-state index contributed by atoms with van der Waals surface area (Å²) >= 11 is 0. The molecule has 0 aliphatic carbocycles. The topological polar surface area (TPSA) is 83.9 Å². The molecule has 0 aromatic heterocycles. The van der Waals surface area contributed by atoms with Crippen LogP contribution in [0.5, 0.6) is 0 Å². The average molecular weight is 196 g/mol. The Hall–Kier alpha value is -1.54. The van der Waals surface area contributed by atoms with Crippen molar-refractivity contribution in [3.8, 4) is 6.07 Å². The molecule has 0 aliphatic rings. The van der Waals surface area contributed by atoms with E-state index in [4.69, 9.17) is 11.0 Å². The molecule has 0 amide bonds. The minimum Gasteiger partial charge on any atom is -0.398 e. The number of nitriles is 1. The number of hydrogen-bond acceptors (Lipinski definition) is 4. The van der Waals surface area contributed by atoms with E-state index < -0.39 is 9.84 Å². The Bertz CT molecular complexity index is 471. The van der Waals surface area contributed by atoms with Crippen molar-refractivity contribution < 1.29 is 8.42 Å². The molecule has 5 heteroatoms. The van der Waals surface area contributed by atoms with E-state index in [2.05, 4.69) is 0 Å². The molecule has 2 N–H and O–H groups in total. The average Bonchev–Trinajstić information content (AvgIpc) is 2.01. The summed E-state index contributed by atoms with van der Waals surface area (Å²) in [6.45, 7) is 0. The number of sulfone groups is 1. The van der Waals surface area contributed by atoms with Crippen LogP contribution in [0.25, 0.3) is 0 Å². The molecule has 13 heavy (non-hydrogen) atoms. The van der Waals surface area contributed by atoms with Gasteiger partial charge in [0.2, 0.25) is 0 Å². The predicted molar refractivity (Wildman–Crippen MR) is 48.7 cm³/mol. The Kier molecular flexibility index (Phi) is 2.26. The summed E-state index contributed by atoms with van der Waals surface area (Å²) in [6.07, 6.45) is 1.03. The van der Waals surface area contributed by atoms with Crippen molar-refractivity contribution in [1.29, 1.82) is 5.26 Å².